The lowest BCUT2D eigenvalue weighted by Gasteiger charge is -2.31. The molecule has 3 aliphatic rings. The molecule has 0 radical (unpaired) electrons. The molecule has 0 amide bonds. The van der Waals surface area contributed by atoms with Gasteiger partial charge in [0.1, 0.15) is 11.2 Å². The molecule has 1 fully saturated rings. The fourth-order valence-corrected chi connectivity index (χ4v) is 11.6. The van der Waals surface area contributed by atoms with Crippen LogP contribution in [-0.2, 0) is 10.8 Å². The normalized spacial score (nSPS) is 15.9. The van der Waals surface area contributed by atoms with Crippen LogP contribution in [0, 0.1) is 0 Å². The maximum Gasteiger partial charge on any atom is 0.136 e. The van der Waals surface area contributed by atoms with Crippen molar-refractivity contribution >= 4 is 39.0 Å². The van der Waals surface area contributed by atoms with Crippen LogP contribution in [0.15, 0.2) is 174 Å². The minimum atomic E-state index is -0.152. The van der Waals surface area contributed by atoms with Crippen LogP contribution in [0.25, 0.3) is 66.4 Å². The third-order valence-electron chi connectivity index (χ3n) is 14.9. The van der Waals surface area contributed by atoms with Crippen molar-refractivity contribution in [2.24, 2.45) is 0 Å². The Bertz CT molecular complexity index is 3120. The van der Waals surface area contributed by atoms with Crippen LogP contribution >= 0.6 is 0 Å². The number of anilines is 3. The first-order chi connectivity index (χ1) is 30.3. The van der Waals surface area contributed by atoms with E-state index in [0.29, 0.717) is 5.92 Å². The van der Waals surface area contributed by atoms with Gasteiger partial charge in [-0.2, -0.15) is 0 Å². The first-order valence-electron chi connectivity index (χ1n) is 22.7. The standard InChI is InChI=1S/C60H51NO/c1-59(2)51-21-11-8-17-44(51)46-33-30-42(36-53(46)59)61(43-31-34-47-45-18-9-12-22-52(45)60(3,4)54(47)37-43)55-35-41(40-27-25-39(26-28-40)38-15-6-5-7-16-38)29-32-48(55)49-20-14-24-57-58(49)50-19-10-13-23-56(50)62-57/h8-14,17-38H,5-7,15-16H2,1-4H3. The number of fused-ring (bicyclic) bond motifs is 9. The Morgan fingerprint density at radius 2 is 0.968 bits per heavy atom. The largest absolute Gasteiger partial charge is 0.456 e. The summed E-state index contributed by atoms with van der Waals surface area (Å²) < 4.78 is 6.53. The third kappa shape index (κ3) is 5.62. The third-order valence-corrected chi connectivity index (χ3v) is 14.9. The van der Waals surface area contributed by atoms with E-state index in [1.54, 1.807) is 0 Å². The highest BCUT2D eigenvalue weighted by molar-refractivity contribution is 6.14. The zero-order valence-electron chi connectivity index (χ0n) is 36.1. The van der Waals surface area contributed by atoms with E-state index < -0.39 is 0 Å². The molecule has 3 aliphatic carbocycles. The molecule has 2 nitrogen and oxygen atoms in total. The molecule has 0 unspecified atom stereocenters. The number of para-hydroxylation sites is 1. The van der Waals surface area contributed by atoms with Crippen molar-refractivity contribution in [3.8, 4) is 44.5 Å². The van der Waals surface area contributed by atoms with Gasteiger partial charge in [-0.3, -0.25) is 0 Å². The Hall–Kier alpha value is -6.64. The molecule has 9 aromatic rings. The summed E-state index contributed by atoms with van der Waals surface area (Å²) in [6.45, 7) is 9.53. The summed E-state index contributed by atoms with van der Waals surface area (Å²) in [5.41, 5.74) is 22.0. The van der Waals surface area contributed by atoms with E-state index in [1.807, 2.05) is 0 Å². The molecule has 0 aliphatic heterocycles. The monoisotopic (exact) mass is 801 g/mol. The van der Waals surface area contributed by atoms with Gasteiger partial charge in [-0.25, -0.2) is 0 Å². The number of hydrogen-bond donors (Lipinski definition) is 0. The van der Waals surface area contributed by atoms with Gasteiger partial charge >= 0.3 is 0 Å². The van der Waals surface area contributed by atoms with Crippen molar-refractivity contribution in [3.05, 3.63) is 198 Å². The topological polar surface area (TPSA) is 16.4 Å². The zero-order valence-corrected chi connectivity index (χ0v) is 36.1. The predicted molar refractivity (Wildman–Crippen MR) is 260 cm³/mol. The van der Waals surface area contributed by atoms with E-state index in [0.717, 1.165) is 50.1 Å². The summed E-state index contributed by atoms with van der Waals surface area (Å²) in [5, 5.41) is 2.28. The predicted octanol–water partition coefficient (Wildman–Crippen LogP) is 17.1. The molecule has 0 bridgehead atoms. The Morgan fingerprint density at radius 3 is 1.63 bits per heavy atom. The fourth-order valence-electron chi connectivity index (χ4n) is 11.6. The van der Waals surface area contributed by atoms with E-state index in [9.17, 15) is 0 Å². The van der Waals surface area contributed by atoms with Crippen LogP contribution in [0.5, 0.6) is 0 Å². The van der Waals surface area contributed by atoms with Gasteiger partial charge in [0, 0.05) is 38.5 Å². The molecule has 302 valence electrons. The molecule has 62 heavy (non-hydrogen) atoms. The second kappa shape index (κ2) is 13.9. The summed E-state index contributed by atoms with van der Waals surface area (Å²) in [6.07, 6.45) is 6.64. The molecule has 0 saturated heterocycles. The molecule has 0 spiro atoms. The van der Waals surface area contributed by atoms with Gasteiger partial charge in [0.15, 0.2) is 0 Å². The SMILES string of the molecule is CC1(C)c2ccccc2-c2ccc(N(c3ccc4c(c3)C(C)(C)c3ccccc3-4)c3cc(-c4ccc(C5CCCCC5)cc4)ccc3-c3cccc4oc5ccccc5c34)cc21. The molecular formula is C60H51NO. The summed E-state index contributed by atoms with van der Waals surface area (Å²) in [6, 6.07) is 64.0. The zero-order chi connectivity index (χ0) is 41.7. The van der Waals surface area contributed by atoms with Crippen LogP contribution in [0.3, 0.4) is 0 Å². The van der Waals surface area contributed by atoms with Crippen molar-refractivity contribution < 1.29 is 4.42 Å². The average Bonchev–Trinajstić information content (AvgIpc) is 3.89. The quantitative estimate of drug-likeness (QED) is 0.167. The van der Waals surface area contributed by atoms with Gasteiger partial charge in [-0.1, -0.05) is 174 Å². The molecule has 1 saturated carbocycles. The Labute approximate surface area is 365 Å². The van der Waals surface area contributed by atoms with E-state index in [2.05, 4.69) is 202 Å². The highest BCUT2D eigenvalue weighted by atomic mass is 16.3. The van der Waals surface area contributed by atoms with Crippen LogP contribution in [-0.4, -0.2) is 0 Å². The first kappa shape index (κ1) is 37.1. The summed E-state index contributed by atoms with van der Waals surface area (Å²) in [7, 11) is 0. The highest BCUT2D eigenvalue weighted by Crippen LogP contribution is 2.54. The smallest absolute Gasteiger partial charge is 0.136 e. The van der Waals surface area contributed by atoms with Crippen molar-refractivity contribution in [3.63, 3.8) is 0 Å². The molecule has 12 rings (SSSR count). The molecular weight excluding hydrogens is 751 g/mol. The second-order valence-corrected chi connectivity index (χ2v) is 19.1. The van der Waals surface area contributed by atoms with Crippen LogP contribution < -0.4 is 4.90 Å². The van der Waals surface area contributed by atoms with E-state index in [4.69, 9.17) is 4.42 Å². The number of rotatable bonds is 6. The van der Waals surface area contributed by atoms with Gasteiger partial charge in [-0.05, 0) is 128 Å². The Kier molecular flexibility index (Phi) is 8.35. The molecule has 0 atom stereocenters. The van der Waals surface area contributed by atoms with E-state index in [-0.39, 0.29) is 10.8 Å². The van der Waals surface area contributed by atoms with Crippen LogP contribution in [0.2, 0.25) is 0 Å². The van der Waals surface area contributed by atoms with Gasteiger partial charge in [0.05, 0.1) is 5.69 Å². The van der Waals surface area contributed by atoms with Gasteiger partial charge in [-0.15, -0.1) is 0 Å². The molecule has 1 heterocycles. The lowest BCUT2D eigenvalue weighted by molar-refractivity contribution is 0.443. The molecule has 0 N–H and O–H groups in total. The van der Waals surface area contributed by atoms with E-state index >= 15 is 0 Å². The Morgan fingerprint density at radius 1 is 0.435 bits per heavy atom. The Balaban J connectivity index is 1.12. The number of furan rings is 1. The summed E-state index contributed by atoms with van der Waals surface area (Å²) in [5.74, 6) is 0.668. The fraction of sp³-hybridized carbons (Fsp3) is 0.200. The average molecular weight is 802 g/mol. The molecule has 8 aromatic carbocycles. The van der Waals surface area contributed by atoms with Gasteiger partial charge < -0.3 is 9.32 Å². The van der Waals surface area contributed by atoms with Crippen molar-refractivity contribution in [2.75, 3.05) is 4.90 Å². The number of benzene rings is 8. The van der Waals surface area contributed by atoms with Crippen LogP contribution in [0.1, 0.15) is 93.5 Å². The maximum absolute atomic E-state index is 6.53. The summed E-state index contributed by atoms with van der Waals surface area (Å²) >= 11 is 0. The molecule has 2 heteroatoms. The van der Waals surface area contributed by atoms with Crippen molar-refractivity contribution in [2.45, 2.75) is 76.5 Å². The second-order valence-electron chi connectivity index (χ2n) is 19.1. The lowest BCUT2D eigenvalue weighted by Crippen LogP contribution is -2.18. The summed E-state index contributed by atoms with van der Waals surface area (Å²) in [4.78, 5) is 2.55. The van der Waals surface area contributed by atoms with Gasteiger partial charge in [0.25, 0.3) is 0 Å². The number of nitrogens with zero attached hydrogens (tertiary/aromatic N) is 1. The minimum absolute atomic E-state index is 0.152. The first-order valence-corrected chi connectivity index (χ1v) is 22.7. The molecule has 1 aromatic heterocycles. The van der Waals surface area contributed by atoms with Crippen molar-refractivity contribution in [1.82, 2.24) is 0 Å². The van der Waals surface area contributed by atoms with Gasteiger partial charge in [0.2, 0.25) is 0 Å². The van der Waals surface area contributed by atoms with E-state index in [1.165, 1.54) is 93.3 Å². The number of hydrogen-bond acceptors (Lipinski definition) is 2. The lowest BCUT2D eigenvalue weighted by atomic mass is 9.82. The maximum atomic E-state index is 6.53. The highest BCUT2D eigenvalue weighted by Gasteiger charge is 2.38. The minimum Gasteiger partial charge on any atom is -0.456 e. The van der Waals surface area contributed by atoms with Crippen molar-refractivity contribution in [1.29, 1.82) is 0 Å². The van der Waals surface area contributed by atoms with Crippen LogP contribution in [0.4, 0.5) is 17.1 Å².